The molecule has 0 aromatic carbocycles. The molecule has 18 heavy (non-hydrogen) atoms. The molecular formula is C15H19NO2. The highest BCUT2D eigenvalue weighted by Gasteiger charge is 2.15. The maximum atomic E-state index is 12.3. The molecule has 1 aromatic heterocycles. The minimum Gasteiger partial charge on any atom is -0.492 e. The van der Waals surface area contributed by atoms with E-state index < -0.39 is 0 Å². The van der Waals surface area contributed by atoms with E-state index in [4.69, 9.17) is 4.74 Å². The Morgan fingerprint density at radius 1 is 1.39 bits per heavy atom. The molecule has 1 heterocycles. The number of carbonyl (C=O) groups excluding carboxylic acids is 1. The maximum Gasteiger partial charge on any atom is 0.190 e. The molecular weight excluding hydrogens is 226 g/mol. The average molecular weight is 245 g/mol. The summed E-state index contributed by atoms with van der Waals surface area (Å²) in [6, 6.07) is 1.79. The molecule has 0 bridgehead atoms. The van der Waals surface area contributed by atoms with Crippen LogP contribution in [0.1, 0.15) is 49.4 Å². The fraction of sp³-hybridized carbons (Fsp3) is 0.467. The zero-order chi connectivity index (χ0) is 12.8. The molecule has 0 unspecified atom stereocenters. The standard InChI is InChI=1S/C15H19NO2/c1-2-8-18-14-9-13(10-16-11-14)15(17)12-6-4-3-5-7-12/h6,9-11H,2-5,7-8H2,1H3. The normalized spacial score (nSPS) is 15.1. The fourth-order valence-corrected chi connectivity index (χ4v) is 2.07. The second-order valence-electron chi connectivity index (χ2n) is 4.56. The SMILES string of the molecule is CCCOc1cncc(C(=O)C2=CCCCC2)c1. The quantitative estimate of drug-likeness (QED) is 0.745. The van der Waals surface area contributed by atoms with Crippen LogP contribution in [0.4, 0.5) is 0 Å². The van der Waals surface area contributed by atoms with Gasteiger partial charge in [0.25, 0.3) is 0 Å². The first-order valence-electron chi connectivity index (χ1n) is 6.63. The van der Waals surface area contributed by atoms with Gasteiger partial charge in [-0.25, -0.2) is 0 Å². The number of aromatic nitrogens is 1. The number of hydrogen-bond donors (Lipinski definition) is 0. The van der Waals surface area contributed by atoms with Crippen molar-refractivity contribution in [3.05, 3.63) is 35.7 Å². The molecule has 0 saturated heterocycles. The Labute approximate surface area is 108 Å². The number of rotatable bonds is 5. The fourth-order valence-electron chi connectivity index (χ4n) is 2.07. The number of carbonyl (C=O) groups is 1. The number of ether oxygens (including phenoxy) is 1. The molecule has 1 aliphatic carbocycles. The van der Waals surface area contributed by atoms with Crippen molar-refractivity contribution in [1.29, 1.82) is 0 Å². The number of hydrogen-bond acceptors (Lipinski definition) is 3. The van der Waals surface area contributed by atoms with Crippen LogP contribution >= 0.6 is 0 Å². The Kier molecular flexibility index (Phi) is 4.51. The van der Waals surface area contributed by atoms with Crippen LogP contribution in [-0.4, -0.2) is 17.4 Å². The molecule has 0 aliphatic heterocycles. The van der Waals surface area contributed by atoms with E-state index >= 15 is 0 Å². The summed E-state index contributed by atoms with van der Waals surface area (Å²) in [5, 5.41) is 0. The zero-order valence-corrected chi connectivity index (χ0v) is 10.8. The van der Waals surface area contributed by atoms with Crippen LogP contribution < -0.4 is 4.74 Å². The smallest absolute Gasteiger partial charge is 0.190 e. The van der Waals surface area contributed by atoms with E-state index in [1.165, 1.54) is 6.42 Å². The van der Waals surface area contributed by atoms with E-state index in [0.29, 0.717) is 17.9 Å². The van der Waals surface area contributed by atoms with Crippen molar-refractivity contribution in [3.8, 4) is 5.75 Å². The van der Waals surface area contributed by atoms with Gasteiger partial charge in [-0.2, -0.15) is 0 Å². The minimum absolute atomic E-state index is 0.101. The molecule has 96 valence electrons. The van der Waals surface area contributed by atoms with Crippen molar-refractivity contribution in [2.24, 2.45) is 0 Å². The van der Waals surface area contributed by atoms with Gasteiger partial charge in [0.1, 0.15) is 5.75 Å². The van der Waals surface area contributed by atoms with Crippen molar-refractivity contribution in [3.63, 3.8) is 0 Å². The predicted molar refractivity (Wildman–Crippen MR) is 70.9 cm³/mol. The topological polar surface area (TPSA) is 39.2 Å². The van der Waals surface area contributed by atoms with Gasteiger partial charge in [-0.15, -0.1) is 0 Å². The van der Waals surface area contributed by atoms with Crippen LogP contribution in [0.5, 0.6) is 5.75 Å². The Hall–Kier alpha value is -1.64. The van der Waals surface area contributed by atoms with E-state index in [2.05, 4.69) is 18.0 Å². The first-order chi connectivity index (χ1) is 8.81. The number of ketones is 1. The predicted octanol–water partition coefficient (Wildman–Crippen LogP) is 3.55. The lowest BCUT2D eigenvalue weighted by molar-refractivity contribution is 0.102. The molecule has 0 atom stereocenters. The van der Waals surface area contributed by atoms with Gasteiger partial charge in [0.15, 0.2) is 5.78 Å². The van der Waals surface area contributed by atoms with Crippen molar-refractivity contribution in [1.82, 2.24) is 4.98 Å². The van der Waals surface area contributed by atoms with Gasteiger partial charge in [0.2, 0.25) is 0 Å². The second kappa shape index (κ2) is 6.34. The van der Waals surface area contributed by atoms with E-state index in [1.54, 1.807) is 18.5 Å². The monoisotopic (exact) mass is 245 g/mol. The molecule has 1 aliphatic rings. The molecule has 3 heteroatoms. The van der Waals surface area contributed by atoms with Gasteiger partial charge < -0.3 is 4.74 Å². The molecule has 0 spiro atoms. The summed E-state index contributed by atoms with van der Waals surface area (Å²) in [6.07, 6.45) is 10.5. The van der Waals surface area contributed by atoms with Crippen LogP contribution in [0.25, 0.3) is 0 Å². The summed E-state index contributed by atoms with van der Waals surface area (Å²) in [4.78, 5) is 16.3. The Bertz CT molecular complexity index is 452. The van der Waals surface area contributed by atoms with E-state index in [-0.39, 0.29) is 5.78 Å². The zero-order valence-electron chi connectivity index (χ0n) is 10.8. The Morgan fingerprint density at radius 3 is 3.00 bits per heavy atom. The largest absolute Gasteiger partial charge is 0.492 e. The highest BCUT2D eigenvalue weighted by molar-refractivity contribution is 6.08. The van der Waals surface area contributed by atoms with Crippen molar-refractivity contribution < 1.29 is 9.53 Å². The summed E-state index contributed by atoms with van der Waals surface area (Å²) in [5.41, 5.74) is 1.56. The lowest BCUT2D eigenvalue weighted by Crippen LogP contribution is -2.07. The summed E-state index contributed by atoms with van der Waals surface area (Å²) in [5.74, 6) is 0.781. The number of pyridine rings is 1. The van der Waals surface area contributed by atoms with Crippen LogP contribution in [0, 0.1) is 0 Å². The summed E-state index contributed by atoms with van der Waals surface area (Å²) >= 11 is 0. The third-order valence-electron chi connectivity index (χ3n) is 3.03. The van der Waals surface area contributed by atoms with Gasteiger partial charge in [-0.05, 0) is 43.7 Å². The summed E-state index contributed by atoms with van der Waals surface area (Å²) in [7, 11) is 0. The first-order valence-corrected chi connectivity index (χ1v) is 6.63. The number of nitrogens with zero attached hydrogens (tertiary/aromatic N) is 1. The molecule has 0 saturated carbocycles. The third-order valence-corrected chi connectivity index (χ3v) is 3.03. The number of allylic oxidation sites excluding steroid dienone is 2. The van der Waals surface area contributed by atoms with Crippen molar-refractivity contribution >= 4 is 5.78 Å². The van der Waals surface area contributed by atoms with E-state index in [9.17, 15) is 4.79 Å². The highest BCUT2D eigenvalue weighted by atomic mass is 16.5. The van der Waals surface area contributed by atoms with Gasteiger partial charge in [0, 0.05) is 11.8 Å². The van der Waals surface area contributed by atoms with Crippen molar-refractivity contribution in [2.75, 3.05) is 6.61 Å². The molecule has 0 fully saturated rings. The summed E-state index contributed by atoms with van der Waals surface area (Å²) < 4.78 is 5.50. The van der Waals surface area contributed by atoms with Gasteiger partial charge in [-0.3, -0.25) is 9.78 Å². The highest BCUT2D eigenvalue weighted by Crippen LogP contribution is 2.22. The van der Waals surface area contributed by atoms with Crippen LogP contribution in [0.3, 0.4) is 0 Å². The lowest BCUT2D eigenvalue weighted by Gasteiger charge is -2.12. The molecule has 1 aromatic rings. The van der Waals surface area contributed by atoms with Gasteiger partial charge >= 0.3 is 0 Å². The maximum absolute atomic E-state index is 12.3. The molecule has 3 nitrogen and oxygen atoms in total. The van der Waals surface area contributed by atoms with Gasteiger partial charge in [0.05, 0.1) is 12.8 Å². The lowest BCUT2D eigenvalue weighted by atomic mass is 9.94. The van der Waals surface area contributed by atoms with Crippen LogP contribution in [-0.2, 0) is 0 Å². The molecule has 0 N–H and O–H groups in total. The van der Waals surface area contributed by atoms with Crippen LogP contribution in [0.15, 0.2) is 30.1 Å². The molecule has 2 rings (SSSR count). The third kappa shape index (κ3) is 3.19. The van der Waals surface area contributed by atoms with E-state index in [1.807, 2.05) is 0 Å². The van der Waals surface area contributed by atoms with Gasteiger partial charge in [-0.1, -0.05) is 13.0 Å². The van der Waals surface area contributed by atoms with E-state index in [0.717, 1.165) is 31.3 Å². The Morgan fingerprint density at radius 2 is 2.28 bits per heavy atom. The second-order valence-corrected chi connectivity index (χ2v) is 4.56. The minimum atomic E-state index is 0.101. The average Bonchev–Trinajstić information content (AvgIpc) is 2.45. The molecule has 0 amide bonds. The molecule has 0 radical (unpaired) electrons. The van der Waals surface area contributed by atoms with Crippen molar-refractivity contribution in [2.45, 2.75) is 39.0 Å². The first kappa shape index (κ1) is 12.8. The summed E-state index contributed by atoms with van der Waals surface area (Å²) in [6.45, 7) is 2.71. The number of Topliss-reactive ketones (excluding diaryl/α,β-unsaturated/α-hetero) is 1. The van der Waals surface area contributed by atoms with Crippen LogP contribution in [0.2, 0.25) is 0 Å². The Balaban J connectivity index is 2.12.